The Bertz CT molecular complexity index is 829. The molecule has 29 heavy (non-hydrogen) atoms. The van der Waals surface area contributed by atoms with Gasteiger partial charge in [-0.05, 0) is 66.5 Å². The van der Waals surface area contributed by atoms with E-state index in [0.717, 1.165) is 38.0 Å². The molecule has 0 atom stereocenters. The molecule has 0 aromatic heterocycles. The number of thioether (sulfide) groups is 1. The van der Waals surface area contributed by atoms with Gasteiger partial charge in [-0.3, -0.25) is 9.69 Å². The highest BCUT2D eigenvalue weighted by molar-refractivity contribution is 8.00. The number of amides is 1. The molecule has 1 amide bonds. The van der Waals surface area contributed by atoms with E-state index >= 15 is 0 Å². The van der Waals surface area contributed by atoms with Gasteiger partial charge in [-0.15, -0.1) is 11.8 Å². The third-order valence-electron chi connectivity index (χ3n) is 5.92. The fraction of sp³-hybridized carbons (Fsp3) is 0.458. The average molecular weight is 411 g/mol. The van der Waals surface area contributed by atoms with Crippen molar-refractivity contribution in [1.82, 2.24) is 10.2 Å². The highest BCUT2D eigenvalue weighted by Crippen LogP contribution is 2.27. The zero-order valence-corrected chi connectivity index (χ0v) is 17.7. The zero-order chi connectivity index (χ0) is 20.1. The van der Waals surface area contributed by atoms with Crippen LogP contribution in [-0.2, 0) is 30.7 Å². The van der Waals surface area contributed by atoms with Crippen LogP contribution >= 0.6 is 11.8 Å². The number of nitrogens with zero attached hydrogens (tertiary/aromatic N) is 1. The van der Waals surface area contributed by atoms with Crippen molar-refractivity contribution in [2.45, 2.75) is 56.2 Å². The number of fused-ring (bicyclic) bond motifs is 1. The van der Waals surface area contributed by atoms with E-state index in [-0.39, 0.29) is 12.0 Å². The van der Waals surface area contributed by atoms with Crippen LogP contribution in [0.25, 0.3) is 0 Å². The smallest absolute Gasteiger partial charge is 0.230 e. The average Bonchev–Trinajstić information content (AvgIpc) is 3.21. The van der Waals surface area contributed by atoms with Crippen molar-refractivity contribution in [1.29, 1.82) is 0 Å². The van der Waals surface area contributed by atoms with Gasteiger partial charge in [0.25, 0.3) is 0 Å². The molecule has 1 heterocycles. The summed E-state index contributed by atoms with van der Waals surface area (Å²) < 4.78 is 0. The summed E-state index contributed by atoms with van der Waals surface area (Å²) in [5.41, 5.74) is 5.33. The molecule has 0 bridgehead atoms. The van der Waals surface area contributed by atoms with Crippen LogP contribution in [0.2, 0.25) is 0 Å². The number of piperidine rings is 1. The number of hydrogen-bond donors (Lipinski definition) is 2. The summed E-state index contributed by atoms with van der Waals surface area (Å²) in [6.07, 6.45) is 5.23. The molecule has 5 heteroatoms. The fourth-order valence-electron chi connectivity index (χ4n) is 4.14. The van der Waals surface area contributed by atoms with Crippen LogP contribution in [0, 0.1) is 0 Å². The summed E-state index contributed by atoms with van der Waals surface area (Å²) in [4.78, 5) is 15.8. The fourth-order valence-corrected chi connectivity index (χ4v) is 4.93. The number of nitrogens with one attached hydrogen (secondary N) is 1. The van der Waals surface area contributed by atoms with Crippen LogP contribution in [0.5, 0.6) is 0 Å². The van der Waals surface area contributed by atoms with E-state index in [0.29, 0.717) is 12.3 Å². The van der Waals surface area contributed by atoms with Gasteiger partial charge in [0.05, 0.1) is 11.9 Å². The minimum atomic E-state index is -0.127. The normalized spacial score (nSPS) is 17.3. The Labute approximate surface area is 177 Å². The topological polar surface area (TPSA) is 52.6 Å². The second-order valence-electron chi connectivity index (χ2n) is 8.17. The molecule has 154 valence electrons. The van der Waals surface area contributed by atoms with Gasteiger partial charge in [-0.2, -0.15) is 0 Å². The Kier molecular flexibility index (Phi) is 6.90. The molecule has 2 N–H and O–H groups in total. The van der Waals surface area contributed by atoms with Gasteiger partial charge in [0.1, 0.15) is 0 Å². The number of aliphatic hydroxyl groups is 1. The molecule has 1 saturated heterocycles. The lowest BCUT2D eigenvalue weighted by Gasteiger charge is -2.29. The summed E-state index contributed by atoms with van der Waals surface area (Å²) in [7, 11) is 0. The lowest BCUT2D eigenvalue weighted by atomic mass is 10.1. The number of benzene rings is 2. The van der Waals surface area contributed by atoms with E-state index < -0.39 is 0 Å². The zero-order valence-electron chi connectivity index (χ0n) is 16.9. The minimum absolute atomic E-state index is 0.0754. The third kappa shape index (κ3) is 5.84. The number of hydrogen-bond acceptors (Lipinski definition) is 4. The molecule has 0 radical (unpaired) electrons. The summed E-state index contributed by atoms with van der Waals surface area (Å²) in [5, 5.41) is 12.6. The highest BCUT2D eigenvalue weighted by Gasteiger charge is 2.16. The molecule has 2 aromatic carbocycles. The van der Waals surface area contributed by atoms with Crippen LogP contribution in [-0.4, -0.2) is 40.9 Å². The van der Waals surface area contributed by atoms with Crippen LogP contribution in [0.15, 0.2) is 47.4 Å². The summed E-state index contributed by atoms with van der Waals surface area (Å²) in [6, 6.07) is 15.1. The van der Waals surface area contributed by atoms with E-state index in [1.165, 1.54) is 40.8 Å². The second-order valence-corrected chi connectivity index (χ2v) is 9.22. The predicted molar refractivity (Wildman–Crippen MR) is 118 cm³/mol. The standard InChI is InChI=1S/C24H30N2O2S/c27-22-10-12-26(13-11-22)16-19-6-4-18(5-7-19)15-25-24(28)17-29-23-9-8-20-2-1-3-21(20)14-23/h4-9,14,22,27H,1-3,10-13,15-17H2,(H,25,28). The van der Waals surface area contributed by atoms with Crippen molar-refractivity contribution < 1.29 is 9.90 Å². The maximum Gasteiger partial charge on any atom is 0.230 e. The molecule has 0 unspecified atom stereocenters. The number of aryl methyl sites for hydroxylation is 2. The SMILES string of the molecule is O=C(CSc1ccc2c(c1)CCC2)NCc1ccc(CN2CCC(O)CC2)cc1. The summed E-state index contributed by atoms with van der Waals surface area (Å²) in [6.45, 7) is 3.41. The first-order valence-electron chi connectivity index (χ1n) is 10.7. The first kappa shape index (κ1) is 20.5. The number of likely N-dealkylation sites (tertiary alicyclic amines) is 1. The second kappa shape index (κ2) is 9.79. The number of aliphatic hydroxyl groups excluding tert-OH is 1. The molecule has 2 aliphatic rings. The molecule has 1 fully saturated rings. The van der Waals surface area contributed by atoms with Crippen LogP contribution in [0.1, 0.15) is 41.5 Å². The summed E-state index contributed by atoms with van der Waals surface area (Å²) >= 11 is 1.62. The lowest BCUT2D eigenvalue weighted by Crippen LogP contribution is -2.35. The van der Waals surface area contributed by atoms with E-state index in [9.17, 15) is 9.90 Å². The van der Waals surface area contributed by atoms with E-state index in [1.54, 1.807) is 11.8 Å². The molecule has 4 rings (SSSR count). The molecule has 0 saturated carbocycles. The predicted octanol–water partition coefficient (Wildman–Crippen LogP) is 3.54. The van der Waals surface area contributed by atoms with Gasteiger partial charge in [0, 0.05) is 31.1 Å². The highest BCUT2D eigenvalue weighted by atomic mass is 32.2. The third-order valence-corrected chi connectivity index (χ3v) is 6.91. The Morgan fingerprint density at radius 3 is 2.55 bits per heavy atom. The van der Waals surface area contributed by atoms with Gasteiger partial charge in [0.15, 0.2) is 0 Å². The van der Waals surface area contributed by atoms with Gasteiger partial charge in [0.2, 0.25) is 5.91 Å². The molecule has 1 aliphatic carbocycles. The number of carbonyl (C=O) groups excluding carboxylic acids is 1. The lowest BCUT2D eigenvalue weighted by molar-refractivity contribution is -0.118. The van der Waals surface area contributed by atoms with Crippen LogP contribution < -0.4 is 5.32 Å². The molecular weight excluding hydrogens is 380 g/mol. The first-order chi connectivity index (χ1) is 14.2. The number of rotatable bonds is 7. The molecule has 2 aromatic rings. The quantitative estimate of drug-likeness (QED) is 0.686. The van der Waals surface area contributed by atoms with Crippen LogP contribution in [0.3, 0.4) is 0 Å². The van der Waals surface area contributed by atoms with Crippen molar-refractivity contribution in [3.63, 3.8) is 0 Å². The van der Waals surface area contributed by atoms with E-state index in [2.05, 4.69) is 52.7 Å². The molecule has 4 nitrogen and oxygen atoms in total. The van der Waals surface area contributed by atoms with Crippen molar-refractivity contribution in [3.8, 4) is 0 Å². The Morgan fingerprint density at radius 1 is 1.03 bits per heavy atom. The Hall–Kier alpha value is -1.82. The van der Waals surface area contributed by atoms with Crippen molar-refractivity contribution in [2.24, 2.45) is 0 Å². The Balaban J connectivity index is 1.19. The van der Waals surface area contributed by atoms with Crippen molar-refractivity contribution >= 4 is 17.7 Å². The maximum atomic E-state index is 12.2. The molecule has 0 spiro atoms. The van der Waals surface area contributed by atoms with Crippen molar-refractivity contribution in [2.75, 3.05) is 18.8 Å². The van der Waals surface area contributed by atoms with Gasteiger partial charge in [-0.1, -0.05) is 30.3 Å². The summed E-state index contributed by atoms with van der Waals surface area (Å²) in [5.74, 6) is 0.531. The van der Waals surface area contributed by atoms with Gasteiger partial charge < -0.3 is 10.4 Å². The van der Waals surface area contributed by atoms with Crippen LogP contribution in [0.4, 0.5) is 0 Å². The van der Waals surface area contributed by atoms with E-state index in [1.807, 2.05) is 0 Å². The largest absolute Gasteiger partial charge is 0.393 e. The van der Waals surface area contributed by atoms with Gasteiger partial charge >= 0.3 is 0 Å². The Morgan fingerprint density at radius 2 is 1.76 bits per heavy atom. The minimum Gasteiger partial charge on any atom is -0.393 e. The first-order valence-corrected chi connectivity index (χ1v) is 11.6. The molecular formula is C24H30N2O2S. The molecule has 1 aliphatic heterocycles. The van der Waals surface area contributed by atoms with Gasteiger partial charge in [-0.25, -0.2) is 0 Å². The van der Waals surface area contributed by atoms with E-state index in [4.69, 9.17) is 0 Å². The monoisotopic (exact) mass is 410 g/mol. The van der Waals surface area contributed by atoms with Crippen molar-refractivity contribution in [3.05, 3.63) is 64.7 Å². The number of carbonyl (C=O) groups is 1. The maximum absolute atomic E-state index is 12.2.